The Balaban J connectivity index is 1.69. The van der Waals surface area contributed by atoms with Crippen LogP contribution in [0.3, 0.4) is 0 Å². The van der Waals surface area contributed by atoms with E-state index < -0.39 is 41.6 Å². The fourth-order valence-corrected chi connectivity index (χ4v) is 5.31. The van der Waals surface area contributed by atoms with Crippen LogP contribution in [0, 0.1) is 11.8 Å². The summed E-state index contributed by atoms with van der Waals surface area (Å²) >= 11 is 0. The van der Waals surface area contributed by atoms with E-state index in [9.17, 15) is 19.2 Å². The molecule has 1 aromatic heterocycles. The van der Waals surface area contributed by atoms with Crippen molar-refractivity contribution < 1.29 is 19.2 Å². The highest BCUT2D eigenvalue weighted by molar-refractivity contribution is 6.44. The van der Waals surface area contributed by atoms with Crippen molar-refractivity contribution in [2.24, 2.45) is 28.4 Å². The monoisotopic (exact) mass is 624 g/mol. The molecule has 0 saturated heterocycles. The van der Waals surface area contributed by atoms with Gasteiger partial charge in [-0.25, -0.2) is 15.2 Å². The van der Waals surface area contributed by atoms with Gasteiger partial charge in [0.15, 0.2) is 5.78 Å². The van der Waals surface area contributed by atoms with E-state index in [4.69, 9.17) is 11.5 Å². The van der Waals surface area contributed by atoms with Crippen LogP contribution in [0.4, 0.5) is 10.5 Å². The number of nitrogens with one attached hydrogen (secondary N) is 3. The Morgan fingerprint density at radius 1 is 0.957 bits per heavy atom. The quantitative estimate of drug-likeness (QED) is 0.0814. The average Bonchev–Trinajstić information content (AvgIpc) is 3.55. The number of H-pyrrole nitrogens is 1. The number of hydrazone groups is 1. The maximum Gasteiger partial charge on any atom is 0.332 e. The largest absolute Gasteiger partial charge is 0.350 e. The second-order valence-electron chi connectivity index (χ2n) is 11.6. The number of Topliss-reactive ketones (excluding diaryl/α,β-unsaturated/α-hetero) is 1. The number of amides is 4. The number of anilines is 1. The summed E-state index contributed by atoms with van der Waals surface area (Å²) in [7, 11) is 1.64. The normalized spacial score (nSPS) is 13.5. The number of benzene rings is 3. The van der Waals surface area contributed by atoms with Gasteiger partial charge >= 0.3 is 6.03 Å². The van der Waals surface area contributed by atoms with Crippen molar-refractivity contribution in [3.63, 3.8) is 0 Å². The average molecular weight is 625 g/mol. The molecule has 12 heteroatoms. The molecule has 7 N–H and O–H groups in total. The standard InChI is InChI=1S/C34H40N8O4/c1-21(2)16-28(30(40-41-34(36)46)31(43)27(35)18-24-19-37-20-38-24)39-32(44)26(17-22-10-5-4-6-11-22)33(45)42(3)29-15-9-13-23-12-7-8-14-25(23)29/h4-15,19-21,26-28H,16-18,35H2,1-3H3,(H,37,38)(H,39,44)(H3,36,41,46)/t26?,27-,28-/m0/s1. The number of urea groups is 1. The first-order valence-corrected chi connectivity index (χ1v) is 15.0. The third-order valence-corrected chi connectivity index (χ3v) is 7.58. The van der Waals surface area contributed by atoms with E-state index in [1.807, 2.05) is 86.6 Å². The highest BCUT2D eigenvalue weighted by Gasteiger charge is 2.35. The molecule has 12 nitrogen and oxygen atoms in total. The van der Waals surface area contributed by atoms with Crippen molar-refractivity contribution in [2.75, 3.05) is 11.9 Å². The van der Waals surface area contributed by atoms with Gasteiger partial charge in [0, 0.05) is 30.7 Å². The fraction of sp³-hybridized carbons (Fsp3) is 0.294. The molecule has 1 unspecified atom stereocenters. The molecule has 3 aromatic carbocycles. The molecule has 0 radical (unpaired) electrons. The lowest BCUT2D eigenvalue weighted by atomic mass is 9.91. The molecule has 46 heavy (non-hydrogen) atoms. The number of carbonyl (C=O) groups excluding carboxylic acids is 4. The van der Waals surface area contributed by atoms with Gasteiger partial charge in [0.05, 0.1) is 24.1 Å². The summed E-state index contributed by atoms with van der Waals surface area (Å²) in [6.07, 6.45) is 3.50. The number of hydrogen-bond acceptors (Lipinski definition) is 7. The molecule has 0 fully saturated rings. The van der Waals surface area contributed by atoms with Gasteiger partial charge in [-0.2, -0.15) is 5.10 Å². The molecular formula is C34H40N8O4. The van der Waals surface area contributed by atoms with E-state index in [1.165, 1.54) is 11.2 Å². The Morgan fingerprint density at radius 2 is 1.65 bits per heavy atom. The number of nitrogens with two attached hydrogens (primary N) is 2. The predicted molar refractivity (Wildman–Crippen MR) is 178 cm³/mol. The van der Waals surface area contributed by atoms with Crippen LogP contribution >= 0.6 is 0 Å². The number of aromatic amines is 1. The second-order valence-corrected chi connectivity index (χ2v) is 11.6. The molecule has 0 aliphatic rings. The van der Waals surface area contributed by atoms with Gasteiger partial charge in [0.1, 0.15) is 11.6 Å². The number of carbonyl (C=O) groups is 4. The molecule has 240 valence electrons. The van der Waals surface area contributed by atoms with Gasteiger partial charge < -0.3 is 26.7 Å². The first-order valence-electron chi connectivity index (χ1n) is 15.0. The summed E-state index contributed by atoms with van der Waals surface area (Å²) in [6, 6.07) is 19.5. The zero-order chi connectivity index (χ0) is 33.2. The Bertz CT molecular complexity index is 1680. The highest BCUT2D eigenvalue weighted by atomic mass is 16.2. The van der Waals surface area contributed by atoms with Crippen molar-refractivity contribution in [2.45, 2.75) is 45.2 Å². The van der Waals surface area contributed by atoms with Crippen molar-refractivity contribution >= 4 is 45.8 Å². The van der Waals surface area contributed by atoms with Gasteiger partial charge in [0.2, 0.25) is 11.8 Å². The van der Waals surface area contributed by atoms with E-state index in [0.29, 0.717) is 11.4 Å². The molecule has 3 atom stereocenters. The summed E-state index contributed by atoms with van der Waals surface area (Å²) in [4.78, 5) is 62.1. The maximum absolute atomic E-state index is 14.2. The first kappa shape index (κ1) is 33.5. The van der Waals surface area contributed by atoms with Crippen LogP contribution in [-0.4, -0.2) is 58.4 Å². The smallest absolute Gasteiger partial charge is 0.332 e. The van der Waals surface area contributed by atoms with E-state index >= 15 is 0 Å². The van der Waals surface area contributed by atoms with Crippen LogP contribution in [0.15, 0.2) is 90.4 Å². The lowest BCUT2D eigenvalue weighted by molar-refractivity contribution is -0.133. The minimum atomic E-state index is -1.17. The second kappa shape index (κ2) is 15.6. The third-order valence-electron chi connectivity index (χ3n) is 7.58. The van der Waals surface area contributed by atoms with Crippen LogP contribution in [0.25, 0.3) is 10.8 Å². The van der Waals surface area contributed by atoms with Crippen LogP contribution in [0.5, 0.6) is 0 Å². The number of primary amides is 1. The Hall–Kier alpha value is -5.36. The van der Waals surface area contributed by atoms with Gasteiger partial charge in [-0.1, -0.05) is 80.6 Å². The van der Waals surface area contributed by atoms with Gasteiger partial charge in [-0.3, -0.25) is 14.4 Å². The minimum absolute atomic E-state index is 0.0256. The van der Waals surface area contributed by atoms with Crippen molar-refractivity contribution in [3.05, 3.63) is 96.6 Å². The predicted octanol–water partition coefficient (Wildman–Crippen LogP) is 3.08. The first-order chi connectivity index (χ1) is 22.0. The summed E-state index contributed by atoms with van der Waals surface area (Å²) < 4.78 is 0. The van der Waals surface area contributed by atoms with E-state index in [1.54, 1.807) is 13.2 Å². The summed E-state index contributed by atoms with van der Waals surface area (Å²) in [5, 5.41) is 8.73. The van der Waals surface area contributed by atoms with Crippen molar-refractivity contribution in [3.8, 4) is 0 Å². The number of nitrogens with zero attached hydrogens (tertiary/aromatic N) is 3. The topological polar surface area (TPSA) is 189 Å². The van der Waals surface area contributed by atoms with Crippen molar-refractivity contribution in [1.82, 2.24) is 20.7 Å². The Kier molecular flexibility index (Phi) is 11.4. The van der Waals surface area contributed by atoms with E-state index in [2.05, 4.69) is 25.8 Å². The van der Waals surface area contributed by atoms with Gasteiger partial charge in [-0.05, 0) is 35.8 Å². The van der Waals surface area contributed by atoms with Gasteiger partial charge in [-0.15, -0.1) is 0 Å². The van der Waals surface area contributed by atoms with Crippen LogP contribution < -0.4 is 27.1 Å². The maximum atomic E-state index is 14.2. The van der Waals surface area contributed by atoms with E-state index in [0.717, 1.165) is 16.3 Å². The number of imidazole rings is 1. The zero-order valence-electron chi connectivity index (χ0n) is 26.1. The molecule has 0 aliphatic heterocycles. The number of aromatic nitrogens is 2. The fourth-order valence-electron chi connectivity index (χ4n) is 5.31. The Labute approximate surface area is 267 Å². The van der Waals surface area contributed by atoms with Crippen LogP contribution in [0.2, 0.25) is 0 Å². The highest BCUT2D eigenvalue weighted by Crippen LogP contribution is 2.27. The van der Waals surface area contributed by atoms with Crippen LogP contribution in [0.1, 0.15) is 31.5 Å². The number of ketones is 1. The molecular weight excluding hydrogens is 584 g/mol. The summed E-state index contributed by atoms with van der Waals surface area (Å²) in [5.41, 5.74) is 15.6. The SMILES string of the molecule is CC(C)C[C@H](NC(=O)C(Cc1ccccc1)C(=O)N(C)c1cccc2ccccc12)C(=NNC(N)=O)C(=O)[C@@H](N)Cc1cnc[nH]1. The molecule has 0 aliphatic carbocycles. The molecule has 1 heterocycles. The van der Waals surface area contributed by atoms with Crippen LogP contribution in [-0.2, 0) is 27.2 Å². The van der Waals surface area contributed by atoms with Crippen molar-refractivity contribution in [1.29, 1.82) is 0 Å². The molecule has 0 bridgehead atoms. The molecule has 4 amide bonds. The number of rotatable bonds is 14. The molecule has 4 rings (SSSR count). The minimum Gasteiger partial charge on any atom is -0.350 e. The third kappa shape index (κ3) is 8.63. The molecule has 4 aromatic rings. The molecule has 0 saturated carbocycles. The summed E-state index contributed by atoms with van der Waals surface area (Å²) in [6.45, 7) is 3.82. The van der Waals surface area contributed by atoms with E-state index in [-0.39, 0.29) is 30.9 Å². The number of fused-ring (bicyclic) bond motifs is 1. The lowest BCUT2D eigenvalue weighted by Gasteiger charge is -2.28. The summed E-state index contributed by atoms with van der Waals surface area (Å²) in [5.74, 6) is -2.83. The Morgan fingerprint density at radius 3 is 2.33 bits per heavy atom. The van der Waals surface area contributed by atoms with Gasteiger partial charge in [0.25, 0.3) is 0 Å². The number of hydrogen-bond donors (Lipinski definition) is 5. The zero-order valence-corrected chi connectivity index (χ0v) is 26.1. The molecule has 0 spiro atoms. The lowest BCUT2D eigenvalue weighted by Crippen LogP contribution is -2.53.